The fraction of sp³-hybridized carbons (Fsp3) is 0.500. The summed E-state index contributed by atoms with van der Waals surface area (Å²) in [5, 5.41) is 11.5. The Bertz CT molecular complexity index is 532. The fourth-order valence-corrected chi connectivity index (χ4v) is 2.11. The van der Waals surface area contributed by atoms with Crippen LogP contribution in [-0.4, -0.2) is 23.0 Å². The molecule has 0 saturated carbocycles. The molecule has 0 saturated heterocycles. The van der Waals surface area contributed by atoms with Crippen LogP contribution in [0, 0.1) is 17.6 Å². The normalized spacial score (nSPS) is 12.2. The number of rotatable bonds is 8. The van der Waals surface area contributed by atoms with Gasteiger partial charge in [0, 0.05) is 6.42 Å². The number of hydrogen-bond acceptors (Lipinski definition) is 2. The summed E-state index contributed by atoms with van der Waals surface area (Å²) in [6, 6.07) is 2.73. The first-order chi connectivity index (χ1) is 10.3. The second kappa shape index (κ2) is 8.46. The molecule has 0 aromatic heterocycles. The molecular weight excluding hydrogens is 292 g/mol. The molecule has 0 radical (unpaired) electrons. The van der Waals surface area contributed by atoms with Crippen LogP contribution in [-0.2, 0) is 16.0 Å². The van der Waals surface area contributed by atoms with Crippen LogP contribution in [0.4, 0.5) is 8.78 Å². The van der Waals surface area contributed by atoms with Crippen molar-refractivity contribution in [1.29, 1.82) is 0 Å². The summed E-state index contributed by atoms with van der Waals surface area (Å²) in [4.78, 5) is 22.8. The number of amides is 1. The van der Waals surface area contributed by atoms with Gasteiger partial charge in [-0.1, -0.05) is 19.9 Å². The first-order valence-electron chi connectivity index (χ1n) is 7.25. The van der Waals surface area contributed by atoms with Crippen LogP contribution in [0.15, 0.2) is 18.2 Å². The molecule has 1 aromatic carbocycles. The van der Waals surface area contributed by atoms with E-state index in [-0.39, 0.29) is 18.2 Å². The molecule has 0 spiro atoms. The predicted octanol–water partition coefficient (Wildman–Crippen LogP) is 2.90. The molecule has 4 nitrogen and oxygen atoms in total. The number of hydrogen-bond donors (Lipinski definition) is 2. The number of carboxylic acids is 1. The van der Waals surface area contributed by atoms with Crippen LogP contribution in [0.3, 0.4) is 0 Å². The molecule has 6 heteroatoms. The Morgan fingerprint density at radius 3 is 2.45 bits per heavy atom. The Labute approximate surface area is 128 Å². The summed E-state index contributed by atoms with van der Waals surface area (Å²) >= 11 is 0. The molecule has 1 atom stereocenters. The Morgan fingerprint density at radius 2 is 1.91 bits per heavy atom. The monoisotopic (exact) mass is 313 g/mol. The van der Waals surface area contributed by atoms with Crippen molar-refractivity contribution in [2.45, 2.75) is 45.6 Å². The maximum Gasteiger partial charge on any atom is 0.326 e. The van der Waals surface area contributed by atoms with Crippen molar-refractivity contribution in [3.05, 3.63) is 35.4 Å². The minimum absolute atomic E-state index is 0.140. The molecule has 2 N–H and O–H groups in total. The lowest BCUT2D eigenvalue weighted by atomic mass is 10.0. The van der Waals surface area contributed by atoms with Gasteiger partial charge in [0.15, 0.2) is 11.6 Å². The minimum Gasteiger partial charge on any atom is -0.480 e. The molecule has 122 valence electrons. The number of carbonyl (C=O) groups is 2. The number of carbonyl (C=O) groups excluding carboxylic acids is 1. The molecule has 0 heterocycles. The van der Waals surface area contributed by atoms with Crippen LogP contribution in [0.5, 0.6) is 0 Å². The van der Waals surface area contributed by atoms with Crippen molar-refractivity contribution in [3.8, 4) is 0 Å². The molecule has 0 aliphatic heterocycles. The van der Waals surface area contributed by atoms with Gasteiger partial charge in [-0.05, 0) is 42.9 Å². The summed E-state index contributed by atoms with van der Waals surface area (Å²) < 4.78 is 25.8. The Hall–Kier alpha value is -1.98. The number of carboxylic acid groups (broad SMARTS) is 1. The van der Waals surface area contributed by atoms with E-state index in [2.05, 4.69) is 5.32 Å². The second-order valence-electron chi connectivity index (χ2n) is 5.69. The summed E-state index contributed by atoms with van der Waals surface area (Å²) in [7, 11) is 0. The minimum atomic E-state index is -1.05. The van der Waals surface area contributed by atoms with Crippen LogP contribution >= 0.6 is 0 Å². The quantitative estimate of drug-likeness (QED) is 0.775. The lowest BCUT2D eigenvalue weighted by Gasteiger charge is -2.16. The topological polar surface area (TPSA) is 66.4 Å². The predicted molar refractivity (Wildman–Crippen MR) is 78.3 cm³/mol. The van der Waals surface area contributed by atoms with Crippen LogP contribution in [0.2, 0.25) is 0 Å². The van der Waals surface area contributed by atoms with E-state index in [1.807, 2.05) is 13.8 Å². The van der Waals surface area contributed by atoms with Gasteiger partial charge < -0.3 is 10.4 Å². The molecule has 0 aliphatic carbocycles. The zero-order valence-corrected chi connectivity index (χ0v) is 12.7. The van der Waals surface area contributed by atoms with Gasteiger partial charge >= 0.3 is 5.97 Å². The van der Waals surface area contributed by atoms with Gasteiger partial charge in [0.25, 0.3) is 0 Å². The third-order valence-corrected chi connectivity index (χ3v) is 3.19. The maximum atomic E-state index is 13.0. The van der Waals surface area contributed by atoms with E-state index in [4.69, 9.17) is 5.11 Å². The number of nitrogens with one attached hydrogen (secondary N) is 1. The molecule has 1 amide bonds. The van der Waals surface area contributed by atoms with Crippen molar-refractivity contribution in [2.75, 3.05) is 0 Å². The van der Waals surface area contributed by atoms with Gasteiger partial charge in [-0.15, -0.1) is 0 Å². The molecule has 1 rings (SSSR count). The highest BCUT2D eigenvalue weighted by Crippen LogP contribution is 2.11. The standard InChI is InChI=1S/C16H21F2NO3/c1-10(2)8-14(16(21)22)19-15(20)5-3-4-11-6-7-12(17)13(18)9-11/h6-7,9-10,14H,3-5,8H2,1-2H3,(H,19,20)(H,21,22)/t14-/m1/s1. The summed E-state index contributed by atoms with van der Waals surface area (Å²) in [5.41, 5.74) is 0.601. The zero-order chi connectivity index (χ0) is 16.7. The molecule has 0 fully saturated rings. The van der Waals surface area contributed by atoms with E-state index in [0.29, 0.717) is 24.8 Å². The van der Waals surface area contributed by atoms with Crippen LogP contribution in [0.1, 0.15) is 38.7 Å². The van der Waals surface area contributed by atoms with Gasteiger partial charge in [-0.3, -0.25) is 4.79 Å². The van der Waals surface area contributed by atoms with E-state index in [0.717, 1.165) is 12.1 Å². The van der Waals surface area contributed by atoms with E-state index < -0.39 is 23.6 Å². The number of aryl methyl sites for hydroxylation is 1. The van der Waals surface area contributed by atoms with Gasteiger partial charge in [0.05, 0.1) is 0 Å². The van der Waals surface area contributed by atoms with Gasteiger partial charge in [-0.25, -0.2) is 13.6 Å². The lowest BCUT2D eigenvalue weighted by Crippen LogP contribution is -2.41. The molecule has 0 bridgehead atoms. The average Bonchev–Trinajstić information content (AvgIpc) is 2.41. The zero-order valence-electron chi connectivity index (χ0n) is 12.7. The molecular formula is C16H21F2NO3. The summed E-state index contributed by atoms with van der Waals surface area (Å²) in [6.07, 6.45) is 1.36. The van der Waals surface area contributed by atoms with Crippen molar-refractivity contribution in [2.24, 2.45) is 5.92 Å². The summed E-state index contributed by atoms with van der Waals surface area (Å²) in [5.74, 6) is -3.06. The Balaban J connectivity index is 2.41. The first-order valence-corrected chi connectivity index (χ1v) is 7.25. The highest BCUT2D eigenvalue weighted by molar-refractivity contribution is 5.83. The highest BCUT2D eigenvalue weighted by Gasteiger charge is 2.20. The third kappa shape index (κ3) is 6.20. The van der Waals surface area contributed by atoms with E-state index >= 15 is 0 Å². The highest BCUT2D eigenvalue weighted by atomic mass is 19.2. The van der Waals surface area contributed by atoms with Crippen molar-refractivity contribution in [3.63, 3.8) is 0 Å². The largest absolute Gasteiger partial charge is 0.480 e. The van der Waals surface area contributed by atoms with Crippen LogP contribution in [0.25, 0.3) is 0 Å². The van der Waals surface area contributed by atoms with E-state index in [9.17, 15) is 18.4 Å². The van der Waals surface area contributed by atoms with Gasteiger partial charge in [0.2, 0.25) is 5.91 Å². The molecule has 22 heavy (non-hydrogen) atoms. The number of halogens is 2. The molecule has 0 unspecified atom stereocenters. The number of benzene rings is 1. The lowest BCUT2D eigenvalue weighted by molar-refractivity contribution is -0.142. The van der Waals surface area contributed by atoms with Crippen molar-refractivity contribution in [1.82, 2.24) is 5.32 Å². The molecule has 0 aliphatic rings. The summed E-state index contributed by atoms with van der Waals surface area (Å²) in [6.45, 7) is 3.76. The average molecular weight is 313 g/mol. The van der Waals surface area contributed by atoms with Gasteiger partial charge in [-0.2, -0.15) is 0 Å². The van der Waals surface area contributed by atoms with E-state index in [1.165, 1.54) is 6.07 Å². The second-order valence-corrected chi connectivity index (χ2v) is 5.69. The smallest absolute Gasteiger partial charge is 0.326 e. The maximum absolute atomic E-state index is 13.0. The molecule has 1 aromatic rings. The van der Waals surface area contributed by atoms with Gasteiger partial charge in [0.1, 0.15) is 6.04 Å². The third-order valence-electron chi connectivity index (χ3n) is 3.19. The number of aliphatic carboxylic acids is 1. The van der Waals surface area contributed by atoms with E-state index in [1.54, 1.807) is 0 Å². The SMILES string of the molecule is CC(C)C[C@@H](NC(=O)CCCc1ccc(F)c(F)c1)C(=O)O. The fourth-order valence-electron chi connectivity index (χ4n) is 2.11. The first kappa shape index (κ1) is 18.1. The van der Waals surface area contributed by atoms with Crippen molar-refractivity contribution < 1.29 is 23.5 Å². The Morgan fingerprint density at radius 1 is 1.23 bits per heavy atom. The van der Waals surface area contributed by atoms with Crippen molar-refractivity contribution >= 4 is 11.9 Å². The van der Waals surface area contributed by atoms with Crippen LogP contribution < -0.4 is 5.32 Å². The Kier molecular flexibility index (Phi) is 6.95.